The smallest absolute Gasteiger partial charge is 0.310 e. The van der Waals surface area contributed by atoms with Crippen LogP contribution in [0.4, 0.5) is 0 Å². The van der Waals surface area contributed by atoms with Gasteiger partial charge in [0.05, 0.1) is 37.4 Å². The van der Waals surface area contributed by atoms with Crippen molar-refractivity contribution in [2.45, 2.75) is 129 Å². The molecular weight excluding hydrogens is 725 g/mol. The zero-order valence-corrected chi connectivity index (χ0v) is 34.4. The van der Waals surface area contributed by atoms with Gasteiger partial charge >= 0.3 is 5.97 Å². The number of aliphatic hydroxyl groups excluding tert-OH is 5. The third-order valence-electron chi connectivity index (χ3n) is 18.7. The number of ether oxygens (including phenoxy) is 3. The molecule has 0 spiro atoms. The van der Waals surface area contributed by atoms with E-state index in [1.807, 2.05) is 30.3 Å². The number of fused-ring (bicyclic) bond motifs is 6. The molecule has 9 rings (SSSR count). The summed E-state index contributed by atoms with van der Waals surface area (Å²) < 4.78 is 19.7. The maximum absolute atomic E-state index is 13.8. The van der Waals surface area contributed by atoms with Gasteiger partial charge in [-0.25, -0.2) is 0 Å². The van der Waals surface area contributed by atoms with E-state index in [9.17, 15) is 35.4 Å². The molecule has 6 bridgehead atoms. The van der Waals surface area contributed by atoms with E-state index in [1.165, 1.54) is 5.57 Å². The van der Waals surface area contributed by atoms with Crippen LogP contribution in [0.3, 0.4) is 0 Å². The molecule has 7 aliphatic carbocycles. The molecule has 19 unspecified atom stereocenters. The normalized spacial score (nSPS) is 53.5. The predicted octanol–water partition coefficient (Wildman–Crippen LogP) is 5.50. The first kappa shape index (κ1) is 40.3. The van der Waals surface area contributed by atoms with Crippen LogP contribution in [0, 0.1) is 73.9 Å². The van der Waals surface area contributed by atoms with E-state index in [-0.39, 0.29) is 82.9 Å². The lowest BCUT2D eigenvalue weighted by atomic mass is 9.28. The van der Waals surface area contributed by atoms with Gasteiger partial charge in [0.1, 0.15) is 18.3 Å². The molecule has 0 radical (unpaired) electrons. The zero-order valence-electron chi connectivity index (χ0n) is 34.4. The van der Waals surface area contributed by atoms with Crippen LogP contribution in [0.5, 0.6) is 0 Å². The van der Waals surface area contributed by atoms with Gasteiger partial charge in [0, 0.05) is 17.9 Å². The van der Waals surface area contributed by atoms with Crippen LogP contribution in [0.1, 0.15) is 91.5 Å². The van der Waals surface area contributed by atoms with Gasteiger partial charge in [-0.1, -0.05) is 95.2 Å². The van der Waals surface area contributed by atoms with Crippen molar-refractivity contribution in [2.75, 3.05) is 19.8 Å². The molecule has 5 saturated carbocycles. The number of aliphatic carboxylic acids is 1. The fourth-order valence-corrected chi connectivity index (χ4v) is 16.1. The topological polar surface area (TPSA) is 166 Å². The number of benzene rings is 1. The average Bonchev–Trinajstić information content (AvgIpc) is 3.37. The Hall–Kier alpha value is -2.15. The first-order chi connectivity index (χ1) is 27.0. The summed E-state index contributed by atoms with van der Waals surface area (Å²) in [5.41, 5.74) is -0.533. The third kappa shape index (κ3) is 5.33. The van der Waals surface area contributed by atoms with Gasteiger partial charge in [-0.3, -0.25) is 4.79 Å². The Balaban J connectivity index is 1.17. The highest BCUT2D eigenvalue weighted by molar-refractivity contribution is 5.77. The van der Waals surface area contributed by atoms with Crippen molar-refractivity contribution >= 4 is 5.97 Å². The van der Waals surface area contributed by atoms with Crippen molar-refractivity contribution in [3.8, 4) is 0 Å². The van der Waals surface area contributed by atoms with E-state index in [4.69, 9.17) is 14.2 Å². The molecule has 314 valence electrons. The highest BCUT2D eigenvalue weighted by Gasteiger charge is 2.77. The SMILES string of the molecule is CC1(CO)CC2CCCC3CC2(C(=O)O)C(C1)C1=CCC2C4(C)C5C=CC(CC2(C)C13C)C4C(C)(CO)C(OC1OCC(O)C(O)C1O)C5OCc1ccccc1. The summed E-state index contributed by atoms with van der Waals surface area (Å²) in [5, 5.41) is 66.0. The summed E-state index contributed by atoms with van der Waals surface area (Å²) in [7, 11) is 0. The molecule has 1 aromatic carbocycles. The molecule has 1 saturated heterocycles. The van der Waals surface area contributed by atoms with E-state index < -0.39 is 53.6 Å². The second kappa shape index (κ2) is 13.7. The molecule has 57 heavy (non-hydrogen) atoms. The van der Waals surface area contributed by atoms with E-state index >= 15 is 0 Å². The Bertz CT molecular complexity index is 1780. The molecule has 1 heterocycles. The first-order valence-electron chi connectivity index (χ1n) is 21.8. The summed E-state index contributed by atoms with van der Waals surface area (Å²) in [6, 6.07) is 10.0. The Morgan fingerprint density at radius 2 is 1.63 bits per heavy atom. The summed E-state index contributed by atoms with van der Waals surface area (Å²) in [6.45, 7) is 11.7. The van der Waals surface area contributed by atoms with Crippen LogP contribution < -0.4 is 0 Å². The molecule has 6 fully saturated rings. The monoisotopic (exact) mass is 790 g/mol. The molecule has 0 aromatic heterocycles. The fraction of sp³-hybridized carbons (Fsp3) is 0.766. The Labute approximate surface area is 337 Å². The van der Waals surface area contributed by atoms with E-state index in [0.29, 0.717) is 19.4 Å². The van der Waals surface area contributed by atoms with E-state index in [2.05, 4.69) is 52.8 Å². The zero-order chi connectivity index (χ0) is 40.5. The first-order valence-corrected chi connectivity index (χ1v) is 21.8. The number of allylic oxidation sites excluding steroid dienone is 3. The van der Waals surface area contributed by atoms with Crippen LogP contribution in [0.2, 0.25) is 0 Å². The lowest BCUT2D eigenvalue weighted by Gasteiger charge is -2.76. The van der Waals surface area contributed by atoms with E-state index in [0.717, 1.165) is 44.1 Å². The fourth-order valence-electron chi connectivity index (χ4n) is 16.1. The van der Waals surface area contributed by atoms with Crippen molar-refractivity contribution in [1.29, 1.82) is 0 Å². The van der Waals surface area contributed by atoms with Crippen LogP contribution >= 0.6 is 0 Å². The second-order valence-corrected chi connectivity index (χ2v) is 21.2. The largest absolute Gasteiger partial charge is 0.481 e. The highest BCUT2D eigenvalue weighted by Crippen LogP contribution is 2.81. The third-order valence-corrected chi connectivity index (χ3v) is 18.7. The molecule has 10 heteroatoms. The van der Waals surface area contributed by atoms with Crippen LogP contribution in [0.25, 0.3) is 0 Å². The minimum atomic E-state index is -1.49. The average molecular weight is 791 g/mol. The quantitative estimate of drug-likeness (QED) is 0.146. The Morgan fingerprint density at radius 1 is 0.895 bits per heavy atom. The van der Waals surface area contributed by atoms with Gasteiger partial charge in [0.25, 0.3) is 0 Å². The van der Waals surface area contributed by atoms with Crippen molar-refractivity contribution < 1.29 is 49.6 Å². The Morgan fingerprint density at radius 3 is 2.33 bits per heavy atom. The van der Waals surface area contributed by atoms with Crippen molar-refractivity contribution in [1.82, 2.24) is 0 Å². The molecule has 6 N–H and O–H groups in total. The predicted molar refractivity (Wildman–Crippen MR) is 211 cm³/mol. The maximum atomic E-state index is 13.8. The number of hydrogen-bond donors (Lipinski definition) is 6. The molecule has 1 aromatic rings. The second-order valence-electron chi connectivity index (χ2n) is 21.2. The van der Waals surface area contributed by atoms with Gasteiger partial charge in [-0.2, -0.15) is 0 Å². The van der Waals surface area contributed by atoms with E-state index in [1.54, 1.807) is 0 Å². The van der Waals surface area contributed by atoms with Gasteiger partial charge in [-0.15, -0.1) is 0 Å². The molecule has 1 aliphatic heterocycles. The number of rotatable bonds is 8. The van der Waals surface area contributed by atoms with Crippen molar-refractivity contribution in [3.63, 3.8) is 0 Å². The highest BCUT2D eigenvalue weighted by atomic mass is 16.7. The lowest BCUT2D eigenvalue weighted by molar-refractivity contribution is -0.347. The van der Waals surface area contributed by atoms with Crippen LogP contribution in [-0.4, -0.2) is 93.2 Å². The van der Waals surface area contributed by atoms with Gasteiger partial charge in [-0.05, 0) is 108 Å². The molecule has 10 nitrogen and oxygen atoms in total. The number of hydrogen-bond acceptors (Lipinski definition) is 9. The molecule has 0 amide bonds. The van der Waals surface area contributed by atoms with Gasteiger partial charge < -0.3 is 44.8 Å². The van der Waals surface area contributed by atoms with Crippen LogP contribution in [-0.2, 0) is 25.6 Å². The standard InChI is InChI=1S/C47H66O10/c1-42(24-48)19-29-13-9-12-28-20-47(29,41(53)54)32(21-42)30-16-17-34-44(3,46(28,30)5)18-27-14-15-31-37(55-22-26-10-7-6-8-11-26)39(43(2,25-49)38(27)45(31,34)4)57-40-36(52)35(51)33(50)23-56-40/h6-8,10-11,14-16,27-29,31-40,48-52H,9,12-13,17-25H2,1-5H3,(H,53,54). The van der Waals surface area contributed by atoms with Gasteiger partial charge in [0.2, 0.25) is 0 Å². The number of carbonyl (C=O) groups is 1. The number of carboxylic acid groups (broad SMARTS) is 1. The summed E-state index contributed by atoms with van der Waals surface area (Å²) >= 11 is 0. The lowest BCUT2D eigenvalue weighted by Crippen LogP contribution is -2.75. The molecule has 19 atom stereocenters. The summed E-state index contributed by atoms with van der Waals surface area (Å²) in [6.07, 6.45) is 7.17. The van der Waals surface area contributed by atoms with Crippen LogP contribution in [0.15, 0.2) is 54.1 Å². The summed E-state index contributed by atoms with van der Waals surface area (Å²) in [4.78, 5) is 13.8. The maximum Gasteiger partial charge on any atom is 0.310 e. The Kier molecular flexibility index (Phi) is 9.66. The summed E-state index contributed by atoms with van der Waals surface area (Å²) in [5.74, 6) is -0.472. The van der Waals surface area contributed by atoms with Gasteiger partial charge in [0.15, 0.2) is 6.29 Å². The van der Waals surface area contributed by atoms with Crippen molar-refractivity contribution in [3.05, 3.63) is 59.7 Å². The molecule has 8 aliphatic rings. The minimum Gasteiger partial charge on any atom is -0.481 e. The van der Waals surface area contributed by atoms with Crippen molar-refractivity contribution in [2.24, 2.45) is 73.9 Å². The molecular formula is C47H66O10. The minimum absolute atomic E-state index is 0.0352. The number of aliphatic hydroxyl groups is 5. The number of carboxylic acids is 1.